The number of hydrogen-bond acceptors (Lipinski definition) is 2. The Bertz CT molecular complexity index is 815. The molecule has 1 aliphatic rings. The Kier molecular flexibility index (Phi) is 6.94. The smallest absolute Gasteiger partial charge is 0.224 e. The molecule has 1 amide bonds. The van der Waals surface area contributed by atoms with Crippen LogP contribution in [0.15, 0.2) is 51.4 Å². The third-order valence-corrected chi connectivity index (χ3v) is 6.80. The van der Waals surface area contributed by atoms with Gasteiger partial charge in [0.2, 0.25) is 5.91 Å². The molecule has 28 heavy (non-hydrogen) atoms. The molecule has 0 radical (unpaired) electrons. The number of benzene rings is 2. The van der Waals surface area contributed by atoms with Crippen molar-refractivity contribution in [2.75, 3.05) is 13.1 Å². The van der Waals surface area contributed by atoms with Gasteiger partial charge in [0.05, 0.1) is 6.04 Å². The fourth-order valence-corrected chi connectivity index (χ4v) is 5.45. The summed E-state index contributed by atoms with van der Waals surface area (Å²) in [7, 11) is 0. The first-order valence-corrected chi connectivity index (χ1v) is 11.1. The Labute approximate surface area is 182 Å². The molecule has 1 saturated heterocycles. The van der Waals surface area contributed by atoms with Crippen molar-refractivity contribution < 1.29 is 9.18 Å². The Morgan fingerprint density at radius 2 is 1.64 bits per heavy atom. The highest BCUT2D eigenvalue weighted by Gasteiger charge is 2.42. The molecule has 2 aromatic carbocycles. The van der Waals surface area contributed by atoms with Crippen LogP contribution in [-0.2, 0) is 10.2 Å². The summed E-state index contributed by atoms with van der Waals surface area (Å²) in [6.07, 6.45) is 1.70. The van der Waals surface area contributed by atoms with Crippen molar-refractivity contribution >= 4 is 37.8 Å². The van der Waals surface area contributed by atoms with Crippen molar-refractivity contribution in [2.24, 2.45) is 5.92 Å². The van der Waals surface area contributed by atoms with Crippen molar-refractivity contribution in [3.05, 3.63) is 68.4 Å². The molecule has 2 N–H and O–H groups in total. The highest BCUT2D eigenvalue weighted by Crippen LogP contribution is 2.41. The first-order valence-electron chi connectivity index (χ1n) is 9.55. The molecule has 6 heteroatoms. The summed E-state index contributed by atoms with van der Waals surface area (Å²) in [5.41, 5.74) is 1.78. The summed E-state index contributed by atoms with van der Waals surface area (Å²) in [5.74, 6) is -0.452. The van der Waals surface area contributed by atoms with Crippen LogP contribution in [0.4, 0.5) is 4.39 Å². The number of piperidine rings is 1. The molecule has 2 aromatic rings. The lowest BCUT2D eigenvalue weighted by atomic mass is 9.65. The number of amides is 1. The average molecular weight is 512 g/mol. The maximum atomic E-state index is 13.5. The van der Waals surface area contributed by atoms with Crippen molar-refractivity contribution in [3.63, 3.8) is 0 Å². The van der Waals surface area contributed by atoms with E-state index in [1.54, 1.807) is 0 Å². The Hall–Kier alpha value is -1.24. The minimum Gasteiger partial charge on any atom is -0.349 e. The molecule has 3 rings (SSSR count). The van der Waals surface area contributed by atoms with E-state index in [-0.39, 0.29) is 29.1 Å². The number of carbonyl (C=O) groups is 1. The van der Waals surface area contributed by atoms with Crippen LogP contribution in [0.2, 0.25) is 0 Å². The monoisotopic (exact) mass is 510 g/mol. The number of hydrogen-bond donors (Lipinski definition) is 2. The van der Waals surface area contributed by atoms with E-state index in [4.69, 9.17) is 0 Å². The molecule has 150 valence electrons. The van der Waals surface area contributed by atoms with Crippen LogP contribution in [0.25, 0.3) is 0 Å². The Morgan fingerprint density at radius 3 is 2.21 bits per heavy atom. The van der Waals surface area contributed by atoms with Gasteiger partial charge in [0.1, 0.15) is 5.82 Å². The predicted molar refractivity (Wildman–Crippen MR) is 118 cm³/mol. The fraction of sp³-hybridized carbons (Fsp3) is 0.409. The normalized spacial score (nSPS) is 18.3. The van der Waals surface area contributed by atoms with Gasteiger partial charge in [0.25, 0.3) is 0 Å². The zero-order chi connectivity index (χ0) is 20.3. The van der Waals surface area contributed by atoms with Crippen molar-refractivity contribution in [2.45, 2.75) is 38.1 Å². The molecule has 0 aromatic heterocycles. The summed E-state index contributed by atoms with van der Waals surface area (Å²) in [6.45, 7) is 5.69. The Balaban J connectivity index is 1.83. The summed E-state index contributed by atoms with van der Waals surface area (Å²) < 4.78 is 15.4. The van der Waals surface area contributed by atoms with E-state index in [2.05, 4.69) is 42.5 Å². The molecule has 0 spiro atoms. The second kappa shape index (κ2) is 9.06. The molecule has 2 atom stereocenters. The summed E-state index contributed by atoms with van der Waals surface area (Å²) in [5, 5.41) is 6.56. The Morgan fingerprint density at radius 1 is 1.07 bits per heavy atom. The van der Waals surface area contributed by atoms with Crippen LogP contribution in [0.3, 0.4) is 0 Å². The SMILES string of the molecule is CC(NC(=O)C(C)C1(c2ccc(F)cc2)CCNCC1)c1cc(Br)cc(Br)c1. The molecule has 1 aliphatic heterocycles. The second-order valence-corrected chi connectivity index (χ2v) is 9.40. The lowest BCUT2D eigenvalue weighted by molar-refractivity contribution is -0.127. The van der Waals surface area contributed by atoms with Crippen LogP contribution in [0, 0.1) is 11.7 Å². The van der Waals surface area contributed by atoms with Crippen LogP contribution >= 0.6 is 31.9 Å². The van der Waals surface area contributed by atoms with Gasteiger partial charge in [-0.25, -0.2) is 4.39 Å². The minimum absolute atomic E-state index is 0.0230. The summed E-state index contributed by atoms with van der Waals surface area (Å²) >= 11 is 7.01. The summed E-state index contributed by atoms with van der Waals surface area (Å²) in [4.78, 5) is 13.2. The van der Waals surface area contributed by atoms with E-state index >= 15 is 0 Å². The van der Waals surface area contributed by atoms with E-state index in [1.807, 2.05) is 44.2 Å². The minimum atomic E-state index is -0.291. The molecular weight excluding hydrogens is 487 g/mol. The standard InChI is InChI=1S/C22H25Br2FN2O/c1-14(21(28)27-15(2)16-11-18(23)13-19(24)12-16)22(7-9-26-10-8-22)17-3-5-20(25)6-4-17/h3-6,11-15,26H,7-10H2,1-2H3,(H,27,28). The molecule has 0 bridgehead atoms. The van der Waals surface area contributed by atoms with Crippen molar-refractivity contribution in [1.29, 1.82) is 0 Å². The van der Waals surface area contributed by atoms with E-state index < -0.39 is 0 Å². The van der Waals surface area contributed by atoms with E-state index in [1.165, 1.54) is 12.1 Å². The lowest BCUT2D eigenvalue weighted by Gasteiger charge is -2.42. The first kappa shape index (κ1) is 21.5. The highest BCUT2D eigenvalue weighted by molar-refractivity contribution is 9.11. The van der Waals surface area contributed by atoms with Gasteiger partial charge in [-0.05, 0) is 74.3 Å². The predicted octanol–water partition coefficient (Wildman–Crippen LogP) is 5.49. The van der Waals surface area contributed by atoms with Gasteiger partial charge in [-0.1, -0.05) is 50.9 Å². The van der Waals surface area contributed by atoms with Crippen molar-refractivity contribution in [1.82, 2.24) is 10.6 Å². The van der Waals surface area contributed by atoms with Gasteiger partial charge in [0, 0.05) is 20.3 Å². The summed E-state index contributed by atoms with van der Waals surface area (Å²) in [6, 6.07) is 12.5. The molecule has 1 heterocycles. The average Bonchev–Trinajstić information content (AvgIpc) is 2.67. The maximum absolute atomic E-state index is 13.5. The molecule has 2 unspecified atom stereocenters. The lowest BCUT2D eigenvalue weighted by Crippen LogP contribution is -2.49. The molecule has 0 saturated carbocycles. The number of halogens is 3. The van der Waals surface area contributed by atoms with Crippen LogP contribution in [-0.4, -0.2) is 19.0 Å². The molecule has 1 fully saturated rings. The van der Waals surface area contributed by atoms with Crippen LogP contribution < -0.4 is 10.6 Å². The van der Waals surface area contributed by atoms with Gasteiger partial charge < -0.3 is 10.6 Å². The van der Waals surface area contributed by atoms with Crippen LogP contribution in [0.5, 0.6) is 0 Å². The van der Waals surface area contributed by atoms with Gasteiger partial charge in [-0.2, -0.15) is 0 Å². The third kappa shape index (κ3) is 4.66. The maximum Gasteiger partial charge on any atom is 0.224 e. The third-order valence-electron chi connectivity index (χ3n) is 5.88. The van der Waals surface area contributed by atoms with Gasteiger partial charge >= 0.3 is 0 Å². The topological polar surface area (TPSA) is 41.1 Å². The van der Waals surface area contributed by atoms with Gasteiger partial charge in [-0.15, -0.1) is 0 Å². The molecule has 3 nitrogen and oxygen atoms in total. The largest absolute Gasteiger partial charge is 0.349 e. The van der Waals surface area contributed by atoms with Crippen LogP contribution in [0.1, 0.15) is 43.9 Å². The fourth-order valence-electron chi connectivity index (χ4n) is 4.12. The molecule has 0 aliphatic carbocycles. The van der Waals surface area contributed by atoms with Gasteiger partial charge in [-0.3, -0.25) is 4.79 Å². The van der Waals surface area contributed by atoms with E-state index in [0.717, 1.165) is 46.0 Å². The van der Waals surface area contributed by atoms with Crippen molar-refractivity contribution in [3.8, 4) is 0 Å². The second-order valence-electron chi connectivity index (χ2n) is 7.57. The zero-order valence-corrected chi connectivity index (χ0v) is 19.2. The van der Waals surface area contributed by atoms with E-state index in [9.17, 15) is 9.18 Å². The highest BCUT2D eigenvalue weighted by atomic mass is 79.9. The molecular formula is C22H25Br2FN2O. The quantitative estimate of drug-likeness (QED) is 0.557. The number of nitrogens with one attached hydrogen (secondary N) is 2. The zero-order valence-electron chi connectivity index (χ0n) is 16.1. The first-order chi connectivity index (χ1) is 13.3. The van der Waals surface area contributed by atoms with E-state index in [0.29, 0.717) is 0 Å². The van der Waals surface area contributed by atoms with Gasteiger partial charge in [0.15, 0.2) is 0 Å². The number of rotatable bonds is 5. The number of carbonyl (C=O) groups excluding carboxylic acids is 1.